The molecule has 0 aromatic carbocycles. The van der Waals surface area contributed by atoms with Gasteiger partial charge in [-0.2, -0.15) is 5.10 Å². The molecule has 6 heteroatoms. The molecule has 0 N–H and O–H groups in total. The molecule has 100 valence electrons. The van der Waals surface area contributed by atoms with Gasteiger partial charge in [-0.05, 0) is 12.3 Å². The number of ketones is 1. The number of carbonyl (C=O) groups excluding carboxylic acids is 1. The second kappa shape index (κ2) is 6.31. The fourth-order valence-corrected chi connectivity index (χ4v) is 2.34. The maximum absolute atomic E-state index is 12.2. The second-order valence-electron chi connectivity index (χ2n) is 4.41. The van der Waals surface area contributed by atoms with Crippen LogP contribution < -0.4 is 0 Å². The SMILES string of the molecule is COCCn1ncc(Cl)c1C(=O)CC1CCOC1. The zero-order valence-electron chi connectivity index (χ0n) is 10.4. The third-order valence-electron chi connectivity index (χ3n) is 3.06. The molecule has 1 aromatic heterocycles. The van der Waals surface area contributed by atoms with Gasteiger partial charge in [-0.3, -0.25) is 9.48 Å². The quantitative estimate of drug-likeness (QED) is 0.741. The monoisotopic (exact) mass is 272 g/mol. The van der Waals surface area contributed by atoms with Gasteiger partial charge in [0.1, 0.15) is 5.69 Å². The van der Waals surface area contributed by atoms with Gasteiger partial charge in [-0.15, -0.1) is 0 Å². The summed E-state index contributed by atoms with van der Waals surface area (Å²) < 4.78 is 11.9. The van der Waals surface area contributed by atoms with Gasteiger partial charge >= 0.3 is 0 Å². The minimum absolute atomic E-state index is 0.0316. The highest BCUT2D eigenvalue weighted by Crippen LogP contribution is 2.22. The molecule has 1 saturated heterocycles. The molecule has 0 radical (unpaired) electrons. The summed E-state index contributed by atoms with van der Waals surface area (Å²) >= 11 is 6.03. The predicted molar refractivity (Wildman–Crippen MR) is 67.0 cm³/mol. The summed E-state index contributed by atoms with van der Waals surface area (Å²) in [4.78, 5) is 12.2. The molecular weight excluding hydrogens is 256 g/mol. The van der Waals surface area contributed by atoms with Crippen LogP contribution in [0.15, 0.2) is 6.20 Å². The summed E-state index contributed by atoms with van der Waals surface area (Å²) in [5.41, 5.74) is 0.487. The zero-order chi connectivity index (χ0) is 13.0. The Morgan fingerprint density at radius 3 is 3.22 bits per heavy atom. The van der Waals surface area contributed by atoms with Crippen LogP contribution in [0.1, 0.15) is 23.3 Å². The van der Waals surface area contributed by atoms with E-state index in [0.717, 1.165) is 13.0 Å². The standard InChI is InChI=1S/C12H17ClN2O3/c1-17-5-3-15-12(10(13)7-14-15)11(16)6-9-2-4-18-8-9/h7,9H,2-6,8H2,1H3. The number of halogens is 1. The number of ether oxygens (including phenoxy) is 2. The van der Waals surface area contributed by atoms with E-state index in [1.54, 1.807) is 11.8 Å². The first-order valence-electron chi connectivity index (χ1n) is 6.03. The average Bonchev–Trinajstić information content (AvgIpc) is 2.96. The van der Waals surface area contributed by atoms with Crippen molar-refractivity contribution in [3.8, 4) is 0 Å². The average molecular weight is 273 g/mol. The summed E-state index contributed by atoms with van der Waals surface area (Å²) in [5, 5.41) is 4.51. The minimum atomic E-state index is 0.0316. The van der Waals surface area contributed by atoms with E-state index in [1.807, 2.05) is 0 Å². The smallest absolute Gasteiger partial charge is 0.182 e. The van der Waals surface area contributed by atoms with Crippen LogP contribution >= 0.6 is 11.6 Å². The predicted octanol–water partition coefficient (Wildman–Crippen LogP) is 1.79. The molecule has 1 aliphatic rings. The Kier molecular flexibility index (Phi) is 4.74. The lowest BCUT2D eigenvalue weighted by molar-refractivity contribution is 0.0939. The maximum Gasteiger partial charge on any atom is 0.182 e. The van der Waals surface area contributed by atoms with E-state index in [9.17, 15) is 4.79 Å². The summed E-state index contributed by atoms with van der Waals surface area (Å²) in [6.45, 7) is 2.44. The van der Waals surface area contributed by atoms with Crippen molar-refractivity contribution >= 4 is 17.4 Å². The van der Waals surface area contributed by atoms with Gasteiger partial charge in [-0.1, -0.05) is 11.6 Å². The molecule has 1 fully saturated rings. The Labute approximate surface area is 111 Å². The van der Waals surface area contributed by atoms with Gasteiger partial charge in [-0.25, -0.2) is 0 Å². The molecule has 1 aliphatic heterocycles. The van der Waals surface area contributed by atoms with Crippen LogP contribution in [0.4, 0.5) is 0 Å². The lowest BCUT2D eigenvalue weighted by atomic mass is 10.0. The van der Waals surface area contributed by atoms with Gasteiger partial charge in [0.15, 0.2) is 5.78 Å². The van der Waals surface area contributed by atoms with Crippen LogP contribution in [0.2, 0.25) is 5.02 Å². The van der Waals surface area contributed by atoms with Crippen molar-refractivity contribution in [1.29, 1.82) is 0 Å². The molecule has 2 heterocycles. The van der Waals surface area contributed by atoms with Gasteiger partial charge in [0, 0.05) is 26.7 Å². The number of rotatable bonds is 6. The van der Waals surface area contributed by atoms with Gasteiger partial charge < -0.3 is 9.47 Å². The number of aromatic nitrogens is 2. The van der Waals surface area contributed by atoms with E-state index >= 15 is 0 Å². The first kappa shape index (κ1) is 13.5. The van der Waals surface area contributed by atoms with E-state index < -0.39 is 0 Å². The summed E-state index contributed by atoms with van der Waals surface area (Å²) in [6.07, 6.45) is 2.92. The molecule has 0 spiro atoms. The van der Waals surface area contributed by atoms with Crippen molar-refractivity contribution in [1.82, 2.24) is 9.78 Å². The molecule has 0 bridgehead atoms. The van der Waals surface area contributed by atoms with Crippen molar-refractivity contribution in [2.75, 3.05) is 26.9 Å². The van der Waals surface area contributed by atoms with Crippen LogP contribution in [0.5, 0.6) is 0 Å². The molecule has 1 unspecified atom stereocenters. The lowest BCUT2D eigenvalue weighted by Gasteiger charge is -2.09. The van der Waals surface area contributed by atoms with Gasteiger partial charge in [0.05, 0.1) is 24.4 Å². The van der Waals surface area contributed by atoms with E-state index in [2.05, 4.69) is 5.10 Å². The van der Waals surface area contributed by atoms with Gasteiger partial charge in [0.2, 0.25) is 0 Å². The van der Waals surface area contributed by atoms with Crippen LogP contribution in [0, 0.1) is 5.92 Å². The highest BCUT2D eigenvalue weighted by molar-refractivity contribution is 6.33. The Hall–Kier alpha value is -0.910. The van der Waals surface area contributed by atoms with Crippen molar-refractivity contribution in [3.63, 3.8) is 0 Å². The number of hydrogen-bond donors (Lipinski definition) is 0. The molecule has 1 aromatic rings. The maximum atomic E-state index is 12.2. The van der Waals surface area contributed by atoms with E-state index in [4.69, 9.17) is 21.1 Å². The molecule has 0 saturated carbocycles. The molecule has 1 atom stereocenters. The second-order valence-corrected chi connectivity index (χ2v) is 4.82. The molecule has 18 heavy (non-hydrogen) atoms. The summed E-state index contributed by atoms with van der Waals surface area (Å²) in [6, 6.07) is 0. The summed E-state index contributed by atoms with van der Waals surface area (Å²) in [5.74, 6) is 0.337. The molecule has 0 aliphatic carbocycles. The van der Waals surface area contributed by atoms with Crippen LogP contribution in [-0.2, 0) is 16.0 Å². The van der Waals surface area contributed by atoms with Crippen LogP contribution in [0.3, 0.4) is 0 Å². The van der Waals surface area contributed by atoms with Crippen LogP contribution in [-0.4, -0.2) is 42.5 Å². The highest BCUT2D eigenvalue weighted by atomic mass is 35.5. The lowest BCUT2D eigenvalue weighted by Crippen LogP contribution is -2.16. The van der Waals surface area contributed by atoms with E-state index in [-0.39, 0.29) is 5.78 Å². The van der Waals surface area contributed by atoms with Gasteiger partial charge in [0.25, 0.3) is 0 Å². The largest absolute Gasteiger partial charge is 0.383 e. The van der Waals surface area contributed by atoms with E-state index in [1.165, 1.54) is 6.20 Å². The summed E-state index contributed by atoms with van der Waals surface area (Å²) in [7, 11) is 1.61. The normalized spacial score (nSPS) is 19.3. The third kappa shape index (κ3) is 3.10. The number of carbonyl (C=O) groups is 1. The third-order valence-corrected chi connectivity index (χ3v) is 3.34. The molecule has 5 nitrogen and oxygen atoms in total. The Balaban J connectivity index is 2.05. The fraction of sp³-hybridized carbons (Fsp3) is 0.667. The number of Topliss-reactive ketones (excluding diaryl/α,β-unsaturated/α-hetero) is 1. The minimum Gasteiger partial charge on any atom is -0.383 e. The first-order chi connectivity index (χ1) is 8.72. The Morgan fingerprint density at radius 1 is 1.72 bits per heavy atom. The zero-order valence-corrected chi connectivity index (χ0v) is 11.2. The fourth-order valence-electron chi connectivity index (χ4n) is 2.09. The van der Waals surface area contributed by atoms with E-state index in [0.29, 0.717) is 42.8 Å². The molecule has 2 rings (SSSR count). The Bertz CT molecular complexity index is 413. The Morgan fingerprint density at radius 2 is 2.56 bits per heavy atom. The van der Waals surface area contributed by atoms with Crippen molar-refractivity contribution < 1.29 is 14.3 Å². The highest BCUT2D eigenvalue weighted by Gasteiger charge is 2.24. The van der Waals surface area contributed by atoms with Crippen molar-refractivity contribution in [3.05, 3.63) is 16.9 Å². The molecular formula is C12H17ClN2O3. The van der Waals surface area contributed by atoms with Crippen LogP contribution in [0.25, 0.3) is 0 Å². The van der Waals surface area contributed by atoms with Crippen molar-refractivity contribution in [2.24, 2.45) is 5.92 Å². The molecule has 0 amide bonds. The first-order valence-corrected chi connectivity index (χ1v) is 6.41. The number of methoxy groups -OCH3 is 1. The number of nitrogens with zero attached hydrogens (tertiary/aromatic N) is 2. The number of hydrogen-bond acceptors (Lipinski definition) is 4. The topological polar surface area (TPSA) is 53.4 Å². The van der Waals surface area contributed by atoms with Crippen molar-refractivity contribution in [2.45, 2.75) is 19.4 Å².